The van der Waals surface area contributed by atoms with Crippen molar-refractivity contribution in [1.82, 2.24) is 21.3 Å². The second kappa shape index (κ2) is 23.8. The van der Waals surface area contributed by atoms with Crippen molar-refractivity contribution >= 4 is 35.0 Å². The first-order valence-corrected chi connectivity index (χ1v) is 23.6. The van der Waals surface area contributed by atoms with Crippen LogP contribution in [0.4, 0.5) is 11.4 Å². The largest absolute Gasteiger partial charge is 0.393 e. The van der Waals surface area contributed by atoms with E-state index in [0.717, 1.165) is 48.2 Å². The summed E-state index contributed by atoms with van der Waals surface area (Å²) in [5.41, 5.74) is 6.55. The Hall–Kier alpha value is -5.68. The van der Waals surface area contributed by atoms with Crippen molar-refractivity contribution < 1.29 is 24.3 Å². The third-order valence-electron chi connectivity index (χ3n) is 13.4. The summed E-state index contributed by atoms with van der Waals surface area (Å²) < 4.78 is 0. The maximum Gasteiger partial charge on any atom is 0.242 e. The molecule has 4 amide bonds. The van der Waals surface area contributed by atoms with E-state index in [1.807, 2.05) is 113 Å². The lowest BCUT2D eigenvalue weighted by atomic mass is 9.86. The van der Waals surface area contributed by atoms with Gasteiger partial charge >= 0.3 is 0 Å². The van der Waals surface area contributed by atoms with Crippen LogP contribution in [-0.2, 0) is 44.9 Å². The summed E-state index contributed by atoms with van der Waals surface area (Å²) in [6, 6.07) is 34.4. The minimum Gasteiger partial charge on any atom is -0.393 e. The highest BCUT2D eigenvalue weighted by atomic mass is 16.3. The first-order chi connectivity index (χ1) is 31.0. The number of hydrogen-bond donors (Lipinski definition) is 7. The minimum absolute atomic E-state index is 0.0709. The van der Waals surface area contributed by atoms with Crippen LogP contribution in [0.15, 0.2) is 109 Å². The maximum atomic E-state index is 14.4. The van der Waals surface area contributed by atoms with Crippen LogP contribution in [0.5, 0.6) is 0 Å². The first-order valence-electron chi connectivity index (χ1n) is 23.6. The van der Waals surface area contributed by atoms with Gasteiger partial charge in [-0.2, -0.15) is 0 Å². The van der Waals surface area contributed by atoms with Crippen molar-refractivity contribution in [3.05, 3.63) is 131 Å². The fourth-order valence-electron chi connectivity index (χ4n) is 9.04. The molecule has 0 saturated heterocycles. The standard InChI is InChI=1S/C53H70N6O5/c1-5-35(3)48(52(63)54-33-43-27-25-39-21-13-15-23-46(39)56-43)58-50(61)41(29-37-17-9-7-10-18-37)31-45(60)32-42(30-38-19-11-8-12-20-38)51(62)59-49(36(4)6-2)53(64)55-34-44-28-26-40-22-14-16-24-47(40)57-44/h7-24,35-36,41-45,48-49,56-57,60H,5-6,25-34H2,1-4H3,(H,54,63)(H,55,64)(H,58,61)(H,59,62)/t35-,36-,41+,42+,43?,44?,45?,48-,49-/m0/s1. The molecule has 342 valence electrons. The Morgan fingerprint density at radius 1 is 0.562 bits per heavy atom. The van der Waals surface area contributed by atoms with E-state index >= 15 is 0 Å². The Balaban J connectivity index is 1.13. The highest BCUT2D eigenvalue weighted by Gasteiger charge is 2.34. The van der Waals surface area contributed by atoms with E-state index in [9.17, 15) is 24.3 Å². The number of aliphatic hydroxyl groups is 1. The molecule has 6 rings (SSSR count). The van der Waals surface area contributed by atoms with Gasteiger partial charge in [0.2, 0.25) is 23.6 Å². The topological polar surface area (TPSA) is 161 Å². The van der Waals surface area contributed by atoms with Gasteiger partial charge < -0.3 is 37.0 Å². The fourth-order valence-corrected chi connectivity index (χ4v) is 9.04. The number of carbonyl (C=O) groups is 4. The van der Waals surface area contributed by atoms with Crippen LogP contribution in [0.1, 0.15) is 88.5 Å². The van der Waals surface area contributed by atoms with Gasteiger partial charge in [0.15, 0.2) is 0 Å². The van der Waals surface area contributed by atoms with E-state index in [1.54, 1.807) is 0 Å². The predicted molar refractivity (Wildman–Crippen MR) is 256 cm³/mol. The highest BCUT2D eigenvalue weighted by molar-refractivity contribution is 5.90. The number of aliphatic hydroxyl groups excluding tert-OH is 1. The molecule has 0 saturated carbocycles. The third-order valence-corrected chi connectivity index (χ3v) is 13.4. The molecule has 0 aromatic heterocycles. The molecule has 0 radical (unpaired) electrons. The number of hydrogen-bond acceptors (Lipinski definition) is 7. The molecule has 0 bridgehead atoms. The zero-order valence-electron chi connectivity index (χ0n) is 38.2. The molecular weight excluding hydrogens is 801 g/mol. The van der Waals surface area contributed by atoms with Crippen molar-refractivity contribution in [1.29, 1.82) is 0 Å². The SMILES string of the molecule is CC[C@H](C)[C@H](NC(=O)[C@H](Cc1ccccc1)CC(O)C[C@@H](Cc1ccccc1)C(=O)N[C@H](C(=O)NCC1CCc2ccccc2N1)[C@@H](C)CC)C(=O)NCC1CCc2ccccc2N1. The Morgan fingerprint density at radius 2 is 0.938 bits per heavy atom. The molecule has 11 heteroatoms. The van der Waals surface area contributed by atoms with Gasteiger partial charge in [-0.3, -0.25) is 19.2 Å². The van der Waals surface area contributed by atoms with Gasteiger partial charge in [-0.05, 0) is 97.6 Å². The van der Waals surface area contributed by atoms with Crippen LogP contribution in [0.3, 0.4) is 0 Å². The summed E-state index contributed by atoms with van der Waals surface area (Å²) in [7, 11) is 0. The van der Waals surface area contributed by atoms with Crippen LogP contribution in [0.25, 0.3) is 0 Å². The second-order valence-corrected chi connectivity index (χ2v) is 18.2. The van der Waals surface area contributed by atoms with E-state index in [2.05, 4.69) is 56.2 Å². The van der Waals surface area contributed by atoms with Gasteiger partial charge in [0.1, 0.15) is 12.1 Å². The van der Waals surface area contributed by atoms with Gasteiger partial charge in [-0.15, -0.1) is 0 Å². The maximum absolute atomic E-state index is 14.4. The summed E-state index contributed by atoms with van der Waals surface area (Å²) in [6.45, 7) is 8.79. The van der Waals surface area contributed by atoms with Crippen LogP contribution in [0, 0.1) is 23.7 Å². The number of rotatable bonds is 22. The van der Waals surface area contributed by atoms with Crippen LogP contribution >= 0.6 is 0 Å². The lowest BCUT2D eigenvalue weighted by Gasteiger charge is -2.31. The van der Waals surface area contributed by atoms with E-state index in [-0.39, 0.29) is 60.4 Å². The summed E-state index contributed by atoms with van der Waals surface area (Å²) in [5.74, 6) is -2.76. The number of fused-ring (bicyclic) bond motifs is 2. The van der Waals surface area contributed by atoms with E-state index in [4.69, 9.17) is 0 Å². The molecule has 2 unspecified atom stereocenters. The molecule has 64 heavy (non-hydrogen) atoms. The van der Waals surface area contributed by atoms with Crippen molar-refractivity contribution in [2.45, 2.75) is 122 Å². The van der Waals surface area contributed by atoms with Gasteiger partial charge in [0, 0.05) is 48.4 Å². The zero-order valence-corrected chi connectivity index (χ0v) is 38.2. The monoisotopic (exact) mass is 871 g/mol. The average Bonchev–Trinajstić information content (AvgIpc) is 3.32. The number of carbonyl (C=O) groups excluding carboxylic acids is 4. The number of anilines is 2. The first kappa shape index (κ1) is 47.8. The minimum atomic E-state index is -1.04. The molecule has 2 aliphatic heterocycles. The third kappa shape index (κ3) is 13.7. The average molecular weight is 871 g/mol. The zero-order chi connectivity index (χ0) is 45.4. The van der Waals surface area contributed by atoms with E-state index < -0.39 is 30.0 Å². The van der Waals surface area contributed by atoms with Crippen molar-refractivity contribution in [2.75, 3.05) is 23.7 Å². The Kier molecular flexibility index (Phi) is 17.8. The van der Waals surface area contributed by atoms with E-state index in [1.165, 1.54) is 11.1 Å². The Bertz CT molecular complexity index is 1970. The number of para-hydroxylation sites is 2. The lowest BCUT2D eigenvalue weighted by molar-refractivity contribution is -0.134. The molecule has 4 aromatic carbocycles. The van der Waals surface area contributed by atoms with Crippen molar-refractivity contribution in [3.8, 4) is 0 Å². The van der Waals surface area contributed by atoms with E-state index in [0.29, 0.717) is 38.8 Å². The summed E-state index contributed by atoms with van der Waals surface area (Å²) in [4.78, 5) is 56.5. The molecule has 7 N–H and O–H groups in total. The fraction of sp³-hybridized carbons (Fsp3) is 0.472. The molecule has 8 atom stereocenters. The molecule has 11 nitrogen and oxygen atoms in total. The van der Waals surface area contributed by atoms with Crippen molar-refractivity contribution in [2.24, 2.45) is 23.7 Å². The second-order valence-electron chi connectivity index (χ2n) is 18.2. The van der Waals surface area contributed by atoms with Gasteiger partial charge in [-0.1, -0.05) is 138 Å². The molecular formula is C53H70N6O5. The van der Waals surface area contributed by atoms with Crippen molar-refractivity contribution in [3.63, 3.8) is 0 Å². The predicted octanol–water partition coefficient (Wildman–Crippen LogP) is 6.99. The van der Waals surface area contributed by atoms with Gasteiger partial charge in [0.05, 0.1) is 6.10 Å². The Labute approximate surface area is 380 Å². The summed E-state index contributed by atoms with van der Waals surface area (Å²) in [6.07, 6.45) is 4.78. The van der Waals surface area contributed by atoms with Gasteiger partial charge in [-0.25, -0.2) is 0 Å². The van der Waals surface area contributed by atoms with Crippen LogP contribution in [0.2, 0.25) is 0 Å². The number of aryl methyl sites for hydroxylation is 2. The quantitative estimate of drug-likeness (QED) is 0.0448. The Morgan fingerprint density at radius 3 is 1.33 bits per heavy atom. The molecule has 0 spiro atoms. The molecule has 2 aliphatic rings. The lowest BCUT2D eigenvalue weighted by Crippen LogP contribution is -2.54. The summed E-state index contributed by atoms with van der Waals surface area (Å²) >= 11 is 0. The highest BCUT2D eigenvalue weighted by Crippen LogP contribution is 2.27. The smallest absolute Gasteiger partial charge is 0.242 e. The normalized spacial score (nSPS) is 18.7. The molecule has 0 fully saturated rings. The van der Waals surface area contributed by atoms with Crippen LogP contribution in [-0.4, -0.2) is 72.1 Å². The molecule has 0 aliphatic carbocycles. The number of benzene rings is 4. The number of amides is 4. The summed E-state index contributed by atoms with van der Waals surface area (Å²) in [5, 5.41) is 31.4. The van der Waals surface area contributed by atoms with Crippen LogP contribution < -0.4 is 31.9 Å². The number of nitrogens with one attached hydrogen (secondary N) is 6. The molecule has 4 aromatic rings. The molecule has 2 heterocycles. The van der Waals surface area contributed by atoms with Gasteiger partial charge in [0.25, 0.3) is 0 Å².